The van der Waals surface area contributed by atoms with E-state index in [0.717, 1.165) is 36.4 Å². The first-order chi connectivity index (χ1) is 6.38. The molecule has 1 aliphatic heterocycles. The standard InChI is InChI=1S/C10H14N2O/c13-12-8-2-1-3-10(12)9-4-6-11-7-5-9/h1-3,8-9,11H,4-7H2. The van der Waals surface area contributed by atoms with E-state index < -0.39 is 0 Å². The van der Waals surface area contributed by atoms with E-state index in [4.69, 9.17) is 0 Å². The zero-order valence-corrected chi connectivity index (χ0v) is 7.57. The number of rotatable bonds is 1. The molecule has 3 heteroatoms. The minimum absolute atomic E-state index is 0.444. The summed E-state index contributed by atoms with van der Waals surface area (Å²) in [5.41, 5.74) is 0.920. The highest BCUT2D eigenvalue weighted by Gasteiger charge is 2.21. The topological polar surface area (TPSA) is 39.0 Å². The summed E-state index contributed by atoms with van der Waals surface area (Å²) in [6, 6.07) is 5.65. The molecule has 0 radical (unpaired) electrons. The van der Waals surface area contributed by atoms with Gasteiger partial charge in [0.2, 0.25) is 0 Å². The highest BCUT2D eigenvalue weighted by atomic mass is 16.5. The zero-order valence-electron chi connectivity index (χ0n) is 7.57. The molecule has 0 amide bonds. The number of piperidine rings is 1. The molecule has 3 nitrogen and oxygen atoms in total. The SMILES string of the molecule is [O-][n+]1ccccc1C1CCNCC1. The summed E-state index contributed by atoms with van der Waals surface area (Å²) in [5.74, 6) is 0.444. The third kappa shape index (κ3) is 1.80. The van der Waals surface area contributed by atoms with Crippen LogP contribution in [0, 0.1) is 5.21 Å². The minimum Gasteiger partial charge on any atom is -0.618 e. The van der Waals surface area contributed by atoms with Gasteiger partial charge in [-0.25, -0.2) is 0 Å². The lowest BCUT2D eigenvalue weighted by atomic mass is 9.94. The number of hydrogen-bond donors (Lipinski definition) is 1. The second-order valence-corrected chi connectivity index (χ2v) is 3.48. The minimum atomic E-state index is 0.444. The van der Waals surface area contributed by atoms with Crippen molar-refractivity contribution in [2.45, 2.75) is 18.8 Å². The van der Waals surface area contributed by atoms with E-state index in [1.54, 1.807) is 12.3 Å². The van der Waals surface area contributed by atoms with Crippen molar-refractivity contribution < 1.29 is 4.73 Å². The maximum absolute atomic E-state index is 11.4. The van der Waals surface area contributed by atoms with Crippen LogP contribution in [0.25, 0.3) is 0 Å². The maximum Gasteiger partial charge on any atom is 0.195 e. The zero-order chi connectivity index (χ0) is 9.10. The summed E-state index contributed by atoms with van der Waals surface area (Å²) in [4.78, 5) is 0. The Morgan fingerprint density at radius 2 is 2.08 bits per heavy atom. The molecule has 2 rings (SSSR count). The molecule has 1 saturated heterocycles. The Labute approximate surface area is 78.0 Å². The number of aromatic nitrogens is 1. The van der Waals surface area contributed by atoms with Crippen LogP contribution in [0.5, 0.6) is 0 Å². The third-order valence-electron chi connectivity index (χ3n) is 2.61. The number of nitrogens with one attached hydrogen (secondary N) is 1. The van der Waals surface area contributed by atoms with Crippen molar-refractivity contribution in [3.05, 3.63) is 35.3 Å². The Bertz CT molecular complexity index is 282. The van der Waals surface area contributed by atoms with Crippen LogP contribution < -0.4 is 10.0 Å². The molecule has 13 heavy (non-hydrogen) atoms. The van der Waals surface area contributed by atoms with E-state index in [0.29, 0.717) is 5.92 Å². The smallest absolute Gasteiger partial charge is 0.195 e. The summed E-state index contributed by atoms with van der Waals surface area (Å²) < 4.78 is 0.996. The highest BCUT2D eigenvalue weighted by Crippen LogP contribution is 2.21. The first-order valence-electron chi connectivity index (χ1n) is 4.77. The van der Waals surface area contributed by atoms with E-state index in [9.17, 15) is 5.21 Å². The molecule has 1 fully saturated rings. The van der Waals surface area contributed by atoms with Gasteiger partial charge >= 0.3 is 0 Å². The van der Waals surface area contributed by atoms with E-state index in [2.05, 4.69) is 5.32 Å². The molecule has 2 heterocycles. The van der Waals surface area contributed by atoms with Gasteiger partial charge in [-0.05, 0) is 25.9 Å². The second kappa shape index (κ2) is 3.75. The van der Waals surface area contributed by atoms with E-state index in [-0.39, 0.29) is 0 Å². The van der Waals surface area contributed by atoms with E-state index in [1.807, 2.05) is 12.1 Å². The van der Waals surface area contributed by atoms with Crippen molar-refractivity contribution in [1.29, 1.82) is 0 Å². The van der Waals surface area contributed by atoms with Crippen LogP contribution in [0.1, 0.15) is 24.5 Å². The normalized spacial score (nSPS) is 18.8. The first-order valence-corrected chi connectivity index (χ1v) is 4.77. The van der Waals surface area contributed by atoms with Crippen LogP contribution in [0.15, 0.2) is 24.4 Å². The molecule has 0 bridgehead atoms. The Kier molecular flexibility index (Phi) is 2.45. The van der Waals surface area contributed by atoms with Crippen LogP contribution in [0.2, 0.25) is 0 Å². The number of pyridine rings is 1. The van der Waals surface area contributed by atoms with Gasteiger partial charge in [-0.15, -0.1) is 0 Å². The van der Waals surface area contributed by atoms with Gasteiger partial charge in [0.1, 0.15) is 0 Å². The number of hydrogen-bond acceptors (Lipinski definition) is 2. The van der Waals surface area contributed by atoms with Crippen LogP contribution in [0.3, 0.4) is 0 Å². The largest absolute Gasteiger partial charge is 0.618 e. The average molecular weight is 178 g/mol. The van der Waals surface area contributed by atoms with Crippen molar-refractivity contribution in [2.24, 2.45) is 0 Å². The van der Waals surface area contributed by atoms with Gasteiger partial charge in [0, 0.05) is 18.1 Å². The lowest BCUT2D eigenvalue weighted by molar-refractivity contribution is -0.615. The van der Waals surface area contributed by atoms with Crippen molar-refractivity contribution in [3.63, 3.8) is 0 Å². The second-order valence-electron chi connectivity index (χ2n) is 3.48. The molecule has 1 N–H and O–H groups in total. The predicted octanol–water partition coefficient (Wildman–Crippen LogP) is 0.787. The van der Waals surface area contributed by atoms with Crippen molar-refractivity contribution >= 4 is 0 Å². The average Bonchev–Trinajstić information content (AvgIpc) is 2.20. The quantitative estimate of drug-likeness (QED) is 0.510. The predicted molar refractivity (Wildman–Crippen MR) is 50.2 cm³/mol. The van der Waals surface area contributed by atoms with Gasteiger partial charge < -0.3 is 10.5 Å². The van der Waals surface area contributed by atoms with Gasteiger partial charge in [-0.3, -0.25) is 0 Å². The van der Waals surface area contributed by atoms with Crippen LogP contribution in [-0.2, 0) is 0 Å². The molecule has 1 aromatic heterocycles. The molecule has 0 aliphatic carbocycles. The van der Waals surface area contributed by atoms with Gasteiger partial charge in [0.25, 0.3) is 0 Å². The molecule has 0 spiro atoms. The monoisotopic (exact) mass is 178 g/mol. The number of nitrogens with zero attached hydrogens (tertiary/aromatic N) is 1. The fourth-order valence-corrected chi connectivity index (χ4v) is 1.88. The summed E-state index contributed by atoms with van der Waals surface area (Å²) in [6.07, 6.45) is 3.73. The molecule has 1 aromatic rings. The fourth-order valence-electron chi connectivity index (χ4n) is 1.88. The first kappa shape index (κ1) is 8.51. The van der Waals surface area contributed by atoms with Gasteiger partial charge in [0.15, 0.2) is 11.9 Å². The van der Waals surface area contributed by atoms with Crippen LogP contribution in [-0.4, -0.2) is 13.1 Å². The highest BCUT2D eigenvalue weighted by molar-refractivity contribution is 5.05. The molecule has 0 aromatic carbocycles. The van der Waals surface area contributed by atoms with Crippen LogP contribution >= 0.6 is 0 Å². The molecule has 1 aliphatic rings. The van der Waals surface area contributed by atoms with Gasteiger partial charge in [0.05, 0.1) is 0 Å². The third-order valence-corrected chi connectivity index (χ3v) is 2.61. The van der Waals surface area contributed by atoms with Crippen molar-refractivity contribution in [1.82, 2.24) is 5.32 Å². The molecule has 0 atom stereocenters. The Hall–Kier alpha value is -1.09. The van der Waals surface area contributed by atoms with Gasteiger partial charge in [-0.2, -0.15) is 4.73 Å². The summed E-state index contributed by atoms with van der Waals surface area (Å²) in [6.45, 7) is 2.05. The van der Waals surface area contributed by atoms with Crippen molar-refractivity contribution in [3.8, 4) is 0 Å². The van der Waals surface area contributed by atoms with E-state index in [1.165, 1.54) is 0 Å². The lowest BCUT2D eigenvalue weighted by Crippen LogP contribution is -2.36. The molecule has 0 saturated carbocycles. The molecule has 0 unspecified atom stereocenters. The maximum atomic E-state index is 11.4. The van der Waals surface area contributed by atoms with Gasteiger partial charge in [-0.1, -0.05) is 6.07 Å². The van der Waals surface area contributed by atoms with Crippen molar-refractivity contribution in [2.75, 3.05) is 13.1 Å². The summed E-state index contributed by atoms with van der Waals surface area (Å²) in [5, 5.41) is 14.7. The Balaban J connectivity index is 2.18. The van der Waals surface area contributed by atoms with Crippen LogP contribution in [0.4, 0.5) is 0 Å². The summed E-state index contributed by atoms with van der Waals surface area (Å²) in [7, 11) is 0. The molecule has 70 valence electrons. The Morgan fingerprint density at radius 3 is 2.77 bits per heavy atom. The lowest BCUT2D eigenvalue weighted by Gasteiger charge is -2.21. The summed E-state index contributed by atoms with van der Waals surface area (Å²) >= 11 is 0. The molecular weight excluding hydrogens is 164 g/mol. The van der Waals surface area contributed by atoms with E-state index >= 15 is 0 Å². The fraction of sp³-hybridized carbons (Fsp3) is 0.500. The molecular formula is C10H14N2O. The Morgan fingerprint density at radius 1 is 1.31 bits per heavy atom.